The van der Waals surface area contributed by atoms with E-state index in [1.54, 1.807) is 0 Å². The maximum Gasteiger partial charge on any atom is 0.445 e. The Morgan fingerprint density at radius 2 is 2.00 bits per heavy atom. The fraction of sp³-hybridized carbons (Fsp3) is 1.00. The normalized spacial score (nSPS) is 40.9. The first-order valence-corrected chi connectivity index (χ1v) is 5.87. The Morgan fingerprint density at radius 3 is 2.45 bits per heavy atom. The summed E-state index contributed by atoms with van der Waals surface area (Å²) in [4.78, 5) is 3.50. The van der Waals surface area contributed by atoms with Crippen molar-refractivity contribution in [2.75, 3.05) is 40.3 Å². The van der Waals surface area contributed by atoms with Gasteiger partial charge in [-0.1, -0.05) is 0 Å². The van der Waals surface area contributed by atoms with Gasteiger partial charge >= 0.3 is 8.80 Å². The van der Waals surface area contributed by atoms with Crippen molar-refractivity contribution in [2.24, 2.45) is 0 Å². The number of hydrogen-bond acceptors (Lipinski definition) is 4. The molecule has 4 nitrogen and oxygen atoms in total. The molecule has 2 heterocycles. The summed E-state index contributed by atoms with van der Waals surface area (Å²) in [6.07, 6.45) is 0. The number of hydrogen-bond donors (Lipinski definition) is 1. The minimum absolute atomic E-state index is 0.889. The molecule has 0 aliphatic carbocycles. The molecule has 2 aliphatic heterocycles. The van der Waals surface area contributed by atoms with Gasteiger partial charge in [-0.05, 0) is 14.1 Å². The third-order valence-electron chi connectivity index (χ3n) is 2.57. The Bertz CT molecular complexity index is 148. The molecule has 2 fully saturated rings. The number of likely N-dealkylation sites (N-methyl/N-ethyl adjacent to an activating group) is 2. The minimum atomic E-state index is -1.76. The first-order chi connectivity index (χ1) is 5.26. The monoisotopic (exact) mass is 173 g/mol. The number of nitrogens with one attached hydrogen (secondary N) is 1. The van der Waals surface area contributed by atoms with Crippen molar-refractivity contribution in [1.82, 2.24) is 14.1 Å². The van der Waals surface area contributed by atoms with Crippen molar-refractivity contribution in [3.05, 3.63) is 0 Å². The zero-order valence-corrected chi connectivity index (χ0v) is 8.13. The standard InChI is InChI=1S/C6H15N3OSi/c1-8-4-3-7-11(8)9(2)5-6-10-11/h7H,3-6H2,1-2H3. The van der Waals surface area contributed by atoms with Crippen LogP contribution in [0.3, 0.4) is 0 Å². The molecule has 0 amide bonds. The Morgan fingerprint density at radius 1 is 1.27 bits per heavy atom. The van der Waals surface area contributed by atoms with Crippen molar-refractivity contribution in [3.8, 4) is 0 Å². The van der Waals surface area contributed by atoms with E-state index in [1.165, 1.54) is 0 Å². The lowest BCUT2D eigenvalue weighted by Gasteiger charge is -2.31. The van der Waals surface area contributed by atoms with Crippen LogP contribution in [0.5, 0.6) is 0 Å². The predicted octanol–water partition coefficient (Wildman–Crippen LogP) is -1.08. The second-order valence-electron chi connectivity index (χ2n) is 3.23. The van der Waals surface area contributed by atoms with Gasteiger partial charge < -0.3 is 4.43 Å². The average Bonchev–Trinajstić information content (AvgIpc) is 2.48. The van der Waals surface area contributed by atoms with Gasteiger partial charge in [-0.25, -0.2) is 0 Å². The predicted molar refractivity (Wildman–Crippen MR) is 45.0 cm³/mol. The van der Waals surface area contributed by atoms with E-state index >= 15 is 0 Å². The molecule has 1 spiro atoms. The topological polar surface area (TPSA) is 27.7 Å². The van der Waals surface area contributed by atoms with Crippen molar-refractivity contribution in [3.63, 3.8) is 0 Å². The van der Waals surface area contributed by atoms with Crippen LogP contribution in [0.25, 0.3) is 0 Å². The van der Waals surface area contributed by atoms with E-state index in [-0.39, 0.29) is 0 Å². The molecule has 1 atom stereocenters. The molecule has 0 aromatic heterocycles. The lowest BCUT2D eigenvalue weighted by atomic mass is 10.7. The molecule has 11 heavy (non-hydrogen) atoms. The molecule has 0 radical (unpaired) electrons. The van der Waals surface area contributed by atoms with Gasteiger partial charge in [0.05, 0.1) is 0 Å². The number of rotatable bonds is 0. The highest BCUT2D eigenvalue weighted by Crippen LogP contribution is 2.19. The summed E-state index contributed by atoms with van der Waals surface area (Å²) in [5.41, 5.74) is 0. The lowest BCUT2D eigenvalue weighted by Crippen LogP contribution is -2.65. The number of nitrogens with zero attached hydrogens (tertiary/aromatic N) is 2. The van der Waals surface area contributed by atoms with Crippen LogP contribution in [0.15, 0.2) is 0 Å². The Kier molecular flexibility index (Phi) is 1.77. The van der Waals surface area contributed by atoms with E-state index in [2.05, 4.69) is 28.2 Å². The van der Waals surface area contributed by atoms with Crippen molar-refractivity contribution < 1.29 is 4.43 Å². The Labute approximate surface area is 68.5 Å². The Hall–Kier alpha value is 0.0569. The molecule has 0 aromatic rings. The van der Waals surface area contributed by atoms with Crippen LogP contribution >= 0.6 is 0 Å². The van der Waals surface area contributed by atoms with Crippen molar-refractivity contribution >= 4 is 8.80 Å². The highest BCUT2D eigenvalue weighted by molar-refractivity contribution is 6.66. The maximum atomic E-state index is 5.81. The largest absolute Gasteiger partial charge is 0.445 e. The molecule has 64 valence electrons. The fourth-order valence-electron chi connectivity index (χ4n) is 1.85. The third kappa shape index (κ3) is 0.962. The summed E-state index contributed by atoms with van der Waals surface area (Å²) in [5, 5.41) is 0. The third-order valence-corrected chi connectivity index (χ3v) is 6.40. The second kappa shape index (κ2) is 2.53. The Balaban J connectivity index is 2.19. The molecule has 2 aliphatic rings. The first-order valence-electron chi connectivity index (χ1n) is 4.07. The highest BCUT2D eigenvalue weighted by Gasteiger charge is 2.52. The molecule has 2 rings (SSSR count). The van der Waals surface area contributed by atoms with E-state index in [0.717, 1.165) is 26.2 Å². The van der Waals surface area contributed by atoms with E-state index in [1.807, 2.05) is 0 Å². The molecule has 5 heteroatoms. The zero-order valence-electron chi connectivity index (χ0n) is 7.13. The van der Waals surface area contributed by atoms with Gasteiger partial charge in [-0.2, -0.15) is 0 Å². The lowest BCUT2D eigenvalue weighted by molar-refractivity contribution is 0.297. The van der Waals surface area contributed by atoms with Crippen molar-refractivity contribution in [1.29, 1.82) is 0 Å². The highest BCUT2D eigenvalue weighted by atomic mass is 28.4. The quantitative estimate of drug-likeness (QED) is 0.472. The van der Waals surface area contributed by atoms with Crippen LogP contribution in [-0.2, 0) is 4.43 Å². The zero-order chi connectivity index (χ0) is 7.90. The van der Waals surface area contributed by atoms with Gasteiger partial charge in [0.25, 0.3) is 0 Å². The molecule has 1 unspecified atom stereocenters. The molecule has 2 saturated heterocycles. The van der Waals surface area contributed by atoms with E-state index < -0.39 is 8.80 Å². The maximum absolute atomic E-state index is 5.81. The van der Waals surface area contributed by atoms with E-state index in [9.17, 15) is 0 Å². The minimum Gasteiger partial charge on any atom is -0.378 e. The van der Waals surface area contributed by atoms with Crippen LogP contribution in [0.2, 0.25) is 0 Å². The second-order valence-corrected chi connectivity index (χ2v) is 6.61. The van der Waals surface area contributed by atoms with Crippen LogP contribution < -0.4 is 4.98 Å². The average molecular weight is 173 g/mol. The smallest absolute Gasteiger partial charge is 0.378 e. The molecule has 1 N–H and O–H groups in total. The van der Waals surface area contributed by atoms with Crippen molar-refractivity contribution in [2.45, 2.75) is 0 Å². The molecular formula is C6H15N3OSi. The van der Waals surface area contributed by atoms with Crippen LogP contribution in [0.1, 0.15) is 0 Å². The molecule has 0 saturated carbocycles. The van der Waals surface area contributed by atoms with Crippen LogP contribution in [0.4, 0.5) is 0 Å². The van der Waals surface area contributed by atoms with E-state index in [4.69, 9.17) is 4.43 Å². The van der Waals surface area contributed by atoms with Gasteiger partial charge in [-0.3, -0.25) is 14.1 Å². The van der Waals surface area contributed by atoms with E-state index in [0.29, 0.717) is 0 Å². The first kappa shape index (κ1) is 7.69. The molecular weight excluding hydrogens is 158 g/mol. The van der Waals surface area contributed by atoms with Gasteiger partial charge in [0.1, 0.15) is 0 Å². The van der Waals surface area contributed by atoms with Crippen LogP contribution in [0, 0.1) is 0 Å². The summed E-state index contributed by atoms with van der Waals surface area (Å²) < 4.78 is 10.5. The summed E-state index contributed by atoms with van der Waals surface area (Å²) in [6.45, 7) is 4.16. The fourth-order valence-corrected chi connectivity index (χ4v) is 5.14. The van der Waals surface area contributed by atoms with Gasteiger partial charge in [0, 0.05) is 26.2 Å². The summed E-state index contributed by atoms with van der Waals surface area (Å²) in [6, 6.07) is 0. The SMILES string of the molecule is CN1CCN[Si]12OCCN2C. The summed E-state index contributed by atoms with van der Waals surface area (Å²) >= 11 is 0. The van der Waals surface area contributed by atoms with Gasteiger partial charge in [0.15, 0.2) is 0 Å². The molecule has 0 aromatic carbocycles. The molecule has 0 bridgehead atoms. The summed E-state index contributed by atoms with van der Waals surface area (Å²) in [7, 11) is 2.53. The van der Waals surface area contributed by atoms with Gasteiger partial charge in [0.2, 0.25) is 0 Å². The van der Waals surface area contributed by atoms with Gasteiger partial charge in [-0.15, -0.1) is 0 Å². The summed E-state index contributed by atoms with van der Waals surface area (Å²) in [5.74, 6) is 0. The van der Waals surface area contributed by atoms with Crippen LogP contribution in [-0.4, -0.2) is 58.3 Å².